The average Bonchev–Trinajstić information content (AvgIpc) is 2.37. The number of rotatable bonds is 6. The van der Waals surface area contributed by atoms with Crippen molar-refractivity contribution < 1.29 is 4.79 Å². The van der Waals surface area contributed by atoms with Crippen LogP contribution in [0.25, 0.3) is 0 Å². The maximum absolute atomic E-state index is 11.7. The number of amides is 1. The summed E-state index contributed by atoms with van der Waals surface area (Å²) >= 11 is 0. The second-order valence-corrected chi connectivity index (χ2v) is 4.32. The smallest absolute Gasteiger partial charge is 0.271 e. The summed E-state index contributed by atoms with van der Waals surface area (Å²) < 4.78 is 0. The molecule has 0 saturated carbocycles. The van der Waals surface area contributed by atoms with Crippen LogP contribution in [0.3, 0.4) is 0 Å². The molecule has 0 fully saturated rings. The quantitative estimate of drug-likeness (QED) is 0.770. The first-order chi connectivity index (χ1) is 8.54. The third-order valence-corrected chi connectivity index (χ3v) is 2.98. The molecule has 0 saturated heterocycles. The third-order valence-electron chi connectivity index (χ3n) is 2.98. The van der Waals surface area contributed by atoms with E-state index in [9.17, 15) is 4.79 Å². The van der Waals surface area contributed by atoms with Gasteiger partial charge in [-0.25, -0.2) is 4.98 Å². The number of carbonyl (C=O) groups excluding carboxylic acids is 1. The van der Waals surface area contributed by atoms with Crippen molar-refractivity contribution in [3.63, 3.8) is 0 Å². The molecular formula is C12H21N5O. The van der Waals surface area contributed by atoms with Gasteiger partial charge in [0.05, 0.1) is 12.4 Å². The summed E-state index contributed by atoms with van der Waals surface area (Å²) in [7, 11) is 2.04. The molecule has 6 nitrogen and oxygen atoms in total. The number of nitrogens with one attached hydrogen (secondary N) is 1. The molecule has 0 aromatic carbocycles. The van der Waals surface area contributed by atoms with E-state index in [4.69, 9.17) is 5.73 Å². The Morgan fingerprint density at radius 1 is 1.56 bits per heavy atom. The Balaban J connectivity index is 2.38. The van der Waals surface area contributed by atoms with Crippen LogP contribution in [0.4, 0.5) is 5.82 Å². The third kappa shape index (κ3) is 4.29. The van der Waals surface area contributed by atoms with Crippen molar-refractivity contribution in [3.8, 4) is 0 Å². The molecule has 0 aliphatic heterocycles. The van der Waals surface area contributed by atoms with E-state index in [1.54, 1.807) is 0 Å². The van der Waals surface area contributed by atoms with Crippen LogP contribution in [-0.2, 0) is 0 Å². The molecule has 0 radical (unpaired) electrons. The number of aromatic nitrogens is 2. The SMILES string of the molecule is CCC(C)N(C)CCNC(=O)c1cncc(N)n1. The van der Waals surface area contributed by atoms with Gasteiger partial charge >= 0.3 is 0 Å². The number of nitrogens with two attached hydrogens (primary N) is 1. The predicted octanol–water partition coefficient (Wildman–Crippen LogP) is 0.519. The van der Waals surface area contributed by atoms with E-state index in [0.717, 1.165) is 13.0 Å². The van der Waals surface area contributed by atoms with E-state index in [2.05, 4.69) is 34.0 Å². The van der Waals surface area contributed by atoms with Crippen LogP contribution in [0, 0.1) is 0 Å². The van der Waals surface area contributed by atoms with Gasteiger partial charge in [0, 0.05) is 19.1 Å². The molecule has 1 aromatic heterocycles. The summed E-state index contributed by atoms with van der Waals surface area (Å²) in [6.45, 7) is 5.68. The maximum Gasteiger partial charge on any atom is 0.271 e. The summed E-state index contributed by atoms with van der Waals surface area (Å²) in [5.74, 6) is 0.00623. The van der Waals surface area contributed by atoms with Gasteiger partial charge in [-0.1, -0.05) is 6.92 Å². The van der Waals surface area contributed by atoms with Gasteiger partial charge in [0.15, 0.2) is 0 Å². The first kappa shape index (κ1) is 14.4. The van der Waals surface area contributed by atoms with Crippen molar-refractivity contribution >= 4 is 11.7 Å². The van der Waals surface area contributed by atoms with E-state index in [1.807, 2.05) is 7.05 Å². The molecular weight excluding hydrogens is 230 g/mol. The molecule has 1 aromatic rings. The molecule has 6 heteroatoms. The van der Waals surface area contributed by atoms with Crippen LogP contribution in [-0.4, -0.2) is 47.0 Å². The second-order valence-electron chi connectivity index (χ2n) is 4.32. The molecule has 100 valence electrons. The van der Waals surface area contributed by atoms with Crippen LogP contribution in [0.1, 0.15) is 30.8 Å². The fourth-order valence-electron chi connectivity index (χ4n) is 1.46. The molecule has 1 atom stereocenters. The van der Waals surface area contributed by atoms with E-state index >= 15 is 0 Å². The van der Waals surface area contributed by atoms with E-state index in [0.29, 0.717) is 12.6 Å². The van der Waals surface area contributed by atoms with Gasteiger partial charge in [0.25, 0.3) is 5.91 Å². The van der Waals surface area contributed by atoms with Gasteiger partial charge in [0.1, 0.15) is 11.5 Å². The number of nitrogens with zero attached hydrogens (tertiary/aromatic N) is 3. The standard InChI is InChI=1S/C12H21N5O/c1-4-9(2)17(3)6-5-15-12(18)10-7-14-8-11(13)16-10/h7-9H,4-6H2,1-3H3,(H2,13,16)(H,15,18). The fourth-order valence-corrected chi connectivity index (χ4v) is 1.46. The molecule has 3 N–H and O–H groups in total. The molecule has 1 heterocycles. The van der Waals surface area contributed by atoms with Gasteiger partial charge in [-0.05, 0) is 20.4 Å². The molecule has 1 unspecified atom stereocenters. The zero-order valence-electron chi connectivity index (χ0n) is 11.2. The Kier molecular flexibility index (Phi) is 5.51. The minimum absolute atomic E-state index is 0.243. The summed E-state index contributed by atoms with van der Waals surface area (Å²) in [5.41, 5.74) is 5.72. The van der Waals surface area contributed by atoms with Crippen LogP contribution in [0.15, 0.2) is 12.4 Å². The summed E-state index contributed by atoms with van der Waals surface area (Å²) in [5, 5.41) is 2.80. The number of nitrogen functional groups attached to an aromatic ring is 1. The highest BCUT2D eigenvalue weighted by Gasteiger charge is 2.09. The lowest BCUT2D eigenvalue weighted by Gasteiger charge is -2.23. The Morgan fingerprint density at radius 2 is 2.28 bits per heavy atom. The van der Waals surface area contributed by atoms with Crippen molar-refractivity contribution in [1.29, 1.82) is 0 Å². The number of anilines is 1. The number of hydrogen-bond donors (Lipinski definition) is 2. The molecule has 18 heavy (non-hydrogen) atoms. The molecule has 0 aliphatic rings. The van der Waals surface area contributed by atoms with Gasteiger partial charge in [-0.3, -0.25) is 9.78 Å². The normalized spacial score (nSPS) is 12.4. The maximum atomic E-state index is 11.7. The Bertz CT molecular complexity index is 396. The van der Waals surface area contributed by atoms with Crippen molar-refractivity contribution in [3.05, 3.63) is 18.1 Å². The summed E-state index contributed by atoms with van der Waals surface area (Å²) in [6.07, 6.45) is 3.91. The van der Waals surface area contributed by atoms with Crippen molar-refractivity contribution in [2.75, 3.05) is 25.9 Å². The number of hydrogen-bond acceptors (Lipinski definition) is 5. The molecule has 1 amide bonds. The zero-order valence-corrected chi connectivity index (χ0v) is 11.2. The minimum atomic E-state index is -0.243. The minimum Gasteiger partial charge on any atom is -0.382 e. The summed E-state index contributed by atoms with van der Waals surface area (Å²) in [4.78, 5) is 21.7. The van der Waals surface area contributed by atoms with Gasteiger partial charge in [-0.15, -0.1) is 0 Å². The first-order valence-corrected chi connectivity index (χ1v) is 6.10. The van der Waals surface area contributed by atoms with Crippen LogP contribution >= 0.6 is 0 Å². The second kappa shape index (κ2) is 6.90. The lowest BCUT2D eigenvalue weighted by Crippen LogP contribution is -2.37. The number of likely N-dealkylation sites (N-methyl/N-ethyl adjacent to an activating group) is 1. The highest BCUT2D eigenvalue weighted by atomic mass is 16.1. The molecule has 0 bridgehead atoms. The van der Waals surface area contributed by atoms with Crippen LogP contribution in [0.5, 0.6) is 0 Å². The number of carbonyl (C=O) groups is 1. The highest BCUT2D eigenvalue weighted by molar-refractivity contribution is 5.92. The topological polar surface area (TPSA) is 84.1 Å². The molecule has 0 aliphatic carbocycles. The largest absolute Gasteiger partial charge is 0.382 e. The average molecular weight is 251 g/mol. The summed E-state index contributed by atoms with van der Waals surface area (Å²) in [6, 6.07) is 0.508. The van der Waals surface area contributed by atoms with Crippen molar-refractivity contribution in [2.24, 2.45) is 0 Å². The zero-order chi connectivity index (χ0) is 13.5. The van der Waals surface area contributed by atoms with Crippen LogP contribution in [0.2, 0.25) is 0 Å². The van der Waals surface area contributed by atoms with Gasteiger partial charge in [0.2, 0.25) is 0 Å². The van der Waals surface area contributed by atoms with Crippen molar-refractivity contribution in [2.45, 2.75) is 26.3 Å². The lowest BCUT2D eigenvalue weighted by atomic mass is 10.2. The van der Waals surface area contributed by atoms with Crippen LogP contribution < -0.4 is 11.1 Å². The highest BCUT2D eigenvalue weighted by Crippen LogP contribution is 1.99. The Labute approximate surface area is 108 Å². The van der Waals surface area contributed by atoms with E-state index in [-0.39, 0.29) is 17.4 Å². The Morgan fingerprint density at radius 3 is 2.89 bits per heavy atom. The Hall–Kier alpha value is -1.69. The van der Waals surface area contributed by atoms with Gasteiger partial charge < -0.3 is 16.0 Å². The van der Waals surface area contributed by atoms with Gasteiger partial charge in [-0.2, -0.15) is 0 Å². The van der Waals surface area contributed by atoms with E-state index < -0.39 is 0 Å². The monoisotopic (exact) mass is 251 g/mol. The predicted molar refractivity (Wildman–Crippen MR) is 71.2 cm³/mol. The fraction of sp³-hybridized carbons (Fsp3) is 0.583. The first-order valence-electron chi connectivity index (χ1n) is 6.10. The lowest BCUT2D eigenvalue weighted by molar-refractivity contribution is 0.0942. The molecule has 1 rings (SSSR count). The van der Waals surface area contributed by atoms with Crippen molar-refractivity contribution in [1.82, 2.24) is 20.2 Å². The van der Waals surface area contributed by atoms with E-state index in [1.165, 1.54) is 12.4 Å². The molecule has 0 spiro atoms.